The van der Waals surface area contributed by atoms with Crippen molar-refractivity contribution in [1.82, 2.24) is 9.76 Å². The maximum absolute atomic E-state index is 12.5. The molecule has 1 rings (SSSR count). The Balaban J connectivity index is 2.73. The molecular formula is C9H20ClN2O3P. The lowest BCUT2D eigenvalue weighted by atomic mass is 10.4. The van der Waals surface area contributed by atoms with Crippen LogP contribution in [0.5, 0.6) is 0 Å². The maximum Gasteiger partial charge on any atom is 0.345 e. The van der Waals surface area contributed by atoms with Crippen LogP contribution in [0.1, 0.15) is 19.8 Å². The number of nitrogens with zero attached hydrogens (tertiary/aromatic N) is 1. The largest absolute Gasteiger partial charge is 0.366 e. The van der Waals surface area contributed by atoms with Crippen LogP contribution in [0, 0.1) is 0 Å². The van der Waals surface area contributed by atoms with Crippen LogP contribution in [0.4, 0.5) is 0 Å². The maximum atomic E-state index is 12.5. The van der Waals surface area contributed by atoms with Crippen molar-refractivity contribution >= 4 is 19.3 Å². The van der Waals surface area contributed by atoms with Crippen LogP contribution in [0.15, 0.2) is 0 Å². The number of hydrogen-bond donors (Lipinski definition) is 1. The number of rotatable bonds is 6. The fourth-order valence-electron chi connectivity index (χ4n) is 1.66. The summed E-state index contributed by atoms with van der Waals surface area (Å²) in [5.74, 6) is 0.404. The highest BCUT2D eigenvalue weighted by molar-refractivity contribution is 7.54. The van der Waals surface area contributed by atoms with Crippen molar-refractivity contribution in [3.8, 4) is 0 Å². The first-order valence-electron chi connectivity index (χ1n) is 5.53. The summed E-state index contributed by atoms with van der Waals surface area (Å²) in [5, 5.41) is 2.97. The van der Waals surface area contributed by atoms with Crippen LogP contribution in [0.3, 0.4) is 0 Å². The monoisotopic (exact) mass is 270 g/mol. The molecule has 2 atom stereocenters. The van der Waals surface area contributed by atoms with Gasteiger partial charge in [0.1, 0.15) is 6.23 Å². The minimum atomic E-state index is -2.96. The predicted molar refractivity (Wildman–Crippen MR) is 64.7 cm³/mol. The van der Waals surface area contributed by atoms with Gasteiger partial charge in [0.05, 0.1) is 6.61 Å². The Hall–Kier alpha value is 0.360. The van der Waals surface area contributed by atoms with E-state index in [0.29, 0.717) is 32.0 Å². The molecule has 5 nitrogen and oxygen atoms in total. The van der Waals surface area contributed by atoms with Gasteiger partial charge in [-0.25, -0.2) is 5.09 Å². The Labute approximate surface area is 102 Å². The first kappa shape index (κ1) is 14.4. The van der Waals surface area contributed by atoms with Gasteiger partial charge < -0.3 is 9.26 Å². The van der Waals surface area contributed by atoms with Gasteiger partial charge in [-0.1, -0.05) is 6.92 Å². The standard InChI is InChI=1S/C9H20ClN2O3P/c1-3-6-11-16(13)12(7-5-10)9(14-2)4-8-15-16/h9H,3-8H2,1-2H3,(H,11,13). The quantitative estimate of drug-likeness (QED) is 0.591. The fraction of sp³-hybridized carbons (Fsp3) is 1.00. The molecule has 16 heavy (non-hydrogen) atoms. The normalized spacial score (nSPS) is 31.8. The lowest BCUT2D eigenvalue weighted by Crippen LogP contribution is -2.44. The van der Waals surface area contributed by atoms with Gasteiger partial charge in [-0.2, -0.15) is 4.67 Å². The zero-order valence-corrected chi connectivity index (χ0v) is 11.5. The van der Waals surface area contributed by atoms with E-state index in [0.717, 1.165) is 6.42 Å². The van der Waals surface area contributed by atoms with E-state index in [2.05, 4.69) is 5.09 Å². The number of halogens is 1. The molecule has 0 saturated carbocycles. The summed E-state index contributed by atoms with van der Waals surface area (Å²) in [6, 6.07) is 0. The average Bonchev–Trinajstić information content (AvgIpc) is 2.30. The lowest BCUT2D eigenvalue weighted by molar-refractivity contribution is -0.0268. The number of alkyl halides is 1. The van der Waals surface area contributed by atoms with E-state index in [1.54, 1.807) is 11.8 Å². The third kappa shape index (κ3) is 3.42. The molecule has 2 unspecified atom stereocenters. The van der Waals surface area contributed by atoms with Crippen molar-refractivity contribution in [3.05, 3.63) is 0 Å². The van der Waals surface area contributed by atoms with Crippen LogP contribution in [-0.2, 0) is 13.8 Å². The topological polar surface area (TPSA) is 50.8 Å². The zero-order valence-electron chi connectivity index (χ0n) is 9.82. The minimum absolute atomic E-state index is 0.178. The molecule has 0 radical (unpaired) electrons. The highest BCUT2D eigenvalue weighted by atomic mass is 35.5. The minimum Gasteiger partial charge on any atom is -0.366 e. The highest BCUT2D eigenvalue weighted by Gasteiger charge is 2.40. The first-order valence-corrected chi connectivity index (χ1v) is 7.64. The molecule has 0 aromatic rings. The third-order valence-electron chi connectivity index (χ3n) is 2.45. The van der Waals surface area contributed by atoms with Crippen molar-refractivity contribution in [2.45, 2.75) is 26.0 Å². The van der Waals surface area contributed by atoms with Crippen LogP contribution in [-0.4, -0.2) is 43.6 Å². The summed E-state index contributed by atoms with van der Waals surface area (Å²) >= 11 is 5.72. The molecule has 1 fully saturated rings. The Kier molecular flexibility index (Phi) is 6.26. The molecule has 96 valence electrons. The van der Waals surface area contributed by atoms with Gasteiger partial charge in [0.2, 0.25) is 0 Å². The number of hydrogen-bond acceptors (Lipinski definition) is 3. The Morgan fingerprint density at radius 1 is 1.69 bits per heavy atom. The Morgan fingerprint density at radius 3 is 3.00 bits per heavy atom. The zero-order chi connectivity index (χ0) is 12.0. The highest BCUT2D eigenvalue weighted by Crippen LogP contribution is 2.51. The SMILES string of the molecule is CCCNP1(=O)OCCC(OC)N1CCCl. The summed E-state index contributed by atoms with van der Waals surface area (Å²) in [7, 11) is -1.34. The summed E-state index contributed by atoms with van der Waals surface area (Å²) in [5.41, 5.74) is 0. The third-order valence-corrected chi connectivity index (χ3v) is 4.91. The van der Waals surface area contributed by atoms with Crippen molar-refractivity contribution in [2.75, 3.05) is 32.7 Å². The predicted octanol–water partition coefficient (Wildman–Crippen LogP) is 2.03. The van der Waals surface area contributed by atoms with Crippen molar-refractivity contribution in [1.29, 1.82) is 0 Å². The molecule has 1 heterocycles. The van der Waals surface area contributed by atoms with Gasteiger partial charge in [0.15, 0.2) is 0 Å². The first-order chi connectivity index (χ1) is 7.68. The molecule has 0 aromatic heterocycles. The van der Waals surface area contributed by atoms with Gasteiger partial charge in [-0.05, 0) is 6.42 Å². The number of ether oxygens (including phenoxy) is 1. The van der Waals surface area contributed by atoms with E-state index in [4.69, 9.17) is 20.9 Å². The Morgan fingerprint density at radius 2 is 2.44 bits per heavy atom. The second-order valence-electron chi connectivity index (χ2n) is 3.59. The average molecular weight is 271 g/mol. The van der Waals surface area contributed by atoms with E-state index in [-0.39, 0.29) is 6.23 Å². The van der Waals surface area contributed by atoms with Crippen molar-refractivity contribution < 1.29 is 13.8 Å². The van der Waals surface area contributed by atoms with Crippen LogP contribution in [0.25, 0.3) is 0 Å². The molecule has 1 aliphatic rings. The smallest absolute Gasteiger partial charge is 0.345 e. The molecule has 0 aliphatic carbocycles. The fourth-order valence-corrected chi connectivity index (χ4v) is 4.15. The lowest BCUT2D eigenvalue weighted by Gasteiger charge is -2.39. The molecule has 7 heteroatoms. The molecule has 0 aromatic carbocycles. The van der Waals surface area contributed by atoms with E-state index < -0.39 is 7.67 Å². The molecule has 1 aliphatic heterocycles. The van der Waals surface area contributed by atoms with Crippen LogP contribution >= 0.6 is 19.3 Å². The summed E-state index contributed by atoms with van der Waals surface area (Å²) in [4.78, 5) is 0. The summed E-state index contributed by atoms with van der Waals surface area (Å²) in [6.45, 7) is 3.62. The van der Waals surface area contributed by atoms with E-state index in [9.17, 15) is 4.57 Å². The molecule has 0 amide bonds. The van der Waals surface area contributed by atoms with Crippen molar-refractivity contribution in [2.24, 2.45) is 0 Å². The Bertz CT molecular complexity index is 255. The van der Waals surface area contributed by atoms with Gasteiger partial charge in [-0.3, -0.25) is 4.57 Å². The van der Waals surface area contributed by atoms with Crippen LogP contribution < -0.4 is 5.09 Å². The summed E-state index contributed by atoms with van der Waals surface area (Å²) < 4.78 is 24.9. The van der Waals surface area contributed by atoms with E-state index in [1.165, 1.54) is 0 Å². The van der Waals surface area contributed by atoms with Crippen molar-refractivity contribution in [3.63, 3.8) is 0 Å². The number of methoxy groups -OCH3 is 1. The van der Waals surface area contributed by atoms with Gasteiger partial charge in [-0.15, -0.1) is 11.6 Å². The summed E-state index contributed by atoms with van der Waals surface area (Å²) in [6.07, 6.45) is 1.44. The second kappa shape index (κ2) is 6.94. The van der Waals surface area contributed by atoms with E-state index >= 15 is 0 Å². The van der Waals surface area contributed by atoms with E-state index in [1.807, 2.05) is 6.92 Å². The second-order valence-corrected chi connectivity index (χ2v) is 6.10. The molecule has 1 N–H and O–H groups in total. The number of nitrogens with one attached hydrogen (secondary N) is 1. The molecular weight excluding hydrogens is 251 g/mol. The molecule has 0 spiro atoms. The van der Waals surface area contributed by atoms with Gasteiger partial charge in [0.25, 0.3) is 0 Å². The molecule has 0 bridgehead atoms. The van der Waals surface area contributed by atoms with Gasteiger partial charge >= 0.3 is 7.67 Å². The van der Waals surface area contributed by atoms with Crippen LogP contribution in [0.2, 0.25) is 0 Å². The van der Waals surface area contributed by atoms with Gasteiger partial charge in [0, 0.05) is 32.5 Å². The molecule has 1 saturated heterocycles.